The number of nitrogens with one attached hydrogen (secondary N) is 1. The van der Waals surface area contributed by atoms with Gasteiger partial charge in [0.25, 0.3) is 0 Å². The smallest absolute Gasteiger partial charge is 0.0438 e. The second-order valence-corrected chi connectivity index (χ2v) is 5.43. The van der Waals surface area contributed by atoms with Gasteiger partial charge in [-0.05, 0) is 37.5 Å². The van der Waals surface area contributed by atoms with E-state index in [2.05, 4.69) is 19.2 Å². The molecule has 0 aromatic carbocycles. The molecule has 14 heavy (non-hydrogen) atoms. The molecule has 1 rings (SSSR count). The van der Waals surface area contributed by atoms with Crippen LogP contribution in [-0.2, 0) is 0 Å². The van der Waals surface area contributed by atoms with Gasteiger partial charge in [-0.15, -0.1) is 0 Å². The van der Waals surface area contributed by atoms with Crippen molar-refractivity contribution < 1.29 is 5.11 Å². The predicted molar refractivity (Wildman–Crippen MR) is 63.8 cm³/mol. The van der Waals surface area contributed by atoms with Crippen LogP contribution in [-0.4, -0.2) is 35.3 Å². The van der Waals surface area contributed by atoms with Crippen LogP contribution in [0.4, 0.5) is 0 Å². The normalized spacial score (nSPS) is 32.4. The van der Waals surface area contributed by atoms with Crippen LogP contribution in [0.5, 0.6) is 0 Å². The van der Waals surface area contributed by atoms with E-state index < -0.39 is 0 Å². The summed E-state index contributed by atoms with van der Waals surface area (Å²) in [5.74, 6) is 1.91. The molecule has 2 N–H and O–H groups in total. The summed E-state index contributed by atoms with van der Waals surface area (Å²) < 4.78 is 0. The zero-order valence-corrected chi connectivity index (χ0v) is 10.1. The molecule has 1 saturated carbocycles. The van der Waals surface area contributed by atoms with Crippen molar-refractivity contribution in [2.24, 2.45) is 5.92 Å². The fraction of sp³-hybridized carbons (Fsp3) is 1.00. The standard InChI is InChI=1S/C11H23NOS/c1-3-12-10-5-6-11(9(10)2)14-8-4-7-13/h9-13H,3-8H2,1-2H3. The van der Waals surface area contributed by atoms with Gasteiger partial charge in [-0.25, -0.2) is 0 Å². The van der Waals surface area contributed by atoms with Gasteiger partial charge in [-0.1, -0.05) is 13.8 Å². The Bertz CT molecular complexity index is 154. The lowest BCUT2D eigenvalue weighted by Crippen LogP contribution is -2.33. The quantitative estimate of drug-likeness (QED) is 0.666. The summed E-state index contributed by atoms with van der Waals surface area (Å²) in [5.41, 5.74) is 0. The molecule has 0 aromatic heterocycles. The molecule has 84 valence electrons. The number of hydrogen-bond acceptors (Lipinski definition) is 3. The molecule has 0 spiro atoms. The van der Waals surface area contributed by atoms with Crippen LogP contribution in [0, 0.1) is 5.92 Å². The molecule has 1 aliphatic carbocycles. The summed E-state index contributed by atoms with van der Waals surface area (Å²) in [5, 5.41) is 13.1. The van der Waals surface area contributed by atoms with Crippen molar-refractivity contribution >= 4 is 11.8 Å². The van der Waals surface area contributed by atoms with Crippen LogP contribution in [0.15, 0.2) is 0 Å². The van der Waals surface area contributed by atoms with Crippen molar-refractivity contribution in [2.75, 3.05) is 18.9 Å². The van der Waals surface area contributed by atoms with E-state index in [0.717, 1.165) is 35.9 Å². The molecule has 2 nitrogen and oxygen atoms in total. The first-order valence-electron chi connectivity index (χ1n) is 5.75. The van der Waals surface area contributed by atoms with Crippen molar-refractivity contribution in [3.05, 3.63) is 0 Å². The van der Waals surface area contributed by atoms with Gasteiger partial charge in [-0.2, -0.15) is 11.8 Å². The number of thioether (sulfide) groups is 1. The highest BCUT2D eigenvalue weighted by molar-refractivity contribution is 7.99. The lowest BCUT2D eigenvalue weighted by molar-refractivity contribution is 0.296. The van der Waals surface area contributed by atoms with E-state index in [0.29, 0.717) is 6.61 Å². The van der Waals surface area contributed by atoms with Crippen LogP contribution >= 0.6 is 11.8 Å². The van der Waals surface area contributed by atoms with Crippen molar-refractivity contribution in [3.8, 4) is 0 Å². The maximum Gasteiger partial charge on any atom is 0.0438 e. The summed E-state index contributed by atoms with van der Waals surface area (Å²) >= 11 is 2.05. The van der Waals surface area contributed by atoms with Crippen molar-refractivity contribution in [1.29, 1.82) is 0 Å². The van der Waals surface area contributed by atoms with Gasteiger partial charge in [0.1, 0.15) is 0 Å². The molecule has 3 unspecified atom stereocenters. The summed E-state index contributed by atoms with van der Waals surface area (Å²) in [6.07, 6.45) is 3.61. The SMILES string of the molecule is CCNC1CCC(SCCCO)C1C. The molecule has 0 aromatic rings. The average Bonchev–Trinajstić information content (AvgIpc) is 2.51. The number of hydrogen-bond donors (Lipinski definition) is 2. The highest BCUT2D eigenvalue weighted by Crippen LogP contribution is 2.35. The minimum absolute atomic E-state index is 0.338. The predicted octanol–water partition coefficient (Wildman–Crippen LogP) is 1.88. The van der Waals surface area contributed by atoms with E-state index in [1.807, 2.05) is 11.8 Å². The first-order chi connectivity index (χ1) is 6.79. The fourth-order valence-electron chi connectivity index (χ4n) is 2.21. The fourth-order valence-corrected chi connectivity index (χ4v) is 3.61. The summed E-state index contributed by atoms with van der Waals surface area (Å²) in [7, 11) is 0. The van der Waals surface area contributed by atoms with Crippen molar-refractivity contribution in [1.82, 2.24) is 5.32 Å². The minimum Gasteiger partial charge on any atom is -0.396 e. The molecule has 0 heterocycles. The van der Waals surface area contributed by atoms with Gasteiger partial charge < -0.3 is 10.4 Å². The zero-order chi connectivity index (χ0) is 10.4. The van der Waals surface area contributed by atoms with E-state index in [4.69, 9.17) is 5.11 Å². The monoisotopic (exact) mass is 217 g/mol. The van der Waals surface area contributed by atoms with Crippen molar-refractivity contribution in [3.63, 3.8) is 0 Å². The Morgan fingerprint density at radius 1 is 1.43 bits per heavy atom. The molecule has 0 saturated heterocycles. The molecule has 0 aliphatic heterocycles. The highest BCUT2D eigenvalue weighted by Gasteiger charge is 2.31. The zero-order valence-electron chi connectivity index (χ0n) is 9.33. The number of aliphatic hydroxyl groups excluding tert-OH is 1. The van der Waals surface area contributed by atoms with Gasteiger partial charge >= 0.3 is 0 Å². The van der Waals surface area contributed by atoms with Crippen LogP contribution in [0.1, 0.15) is 33.1 Å². The number of aliphatic hydroxyl groups is 1. The lowest BCUT2D eigenvalue weighted by Gasteiger charge is -2.20. The Balaban J connectivity index is 2.21. The Kier molecular flexibility index (Phi) is 5.90. The van der Waals surface area contributed by atoms with E-state index in [9.17, 15) is 0 Å². The third-order valence-electron chi connectivity index (χ3n) is 3.08. The molecule has 3 atom stereocenters. The molecule has 1 fully saturated rings. The third kappa shape index (κ3) is 3.44. The molecule has 0 radical (unpaired) electrons. The Morgan fingerprint density at radius 2 is 2.21 bits per heavy atom. The lowest BCUT2D eigenvalue weighted by atomic mass is 10.1. The first kappa shape index (κ1) is 12.3. The van der Waals surface area contributed by atoms with Gasteiger partial charge in [0.2, 0.25) is 0 Å². The Morgan fingerprint density at radius 3 is 2.86 bits per heavy atom. The second kappa shape index (κ2) is 6.70. The molecule has 0 amide bonds. The maximum absolute atomic E-state index is 8.72. The van der Waals surface area contributed by atoms with Crippen LogP contribution in [0.25, 0.3) is 0 Å². The van der Waals surface area contributed by atoms with Crippen LogP contribution in [0.2, 0.25) is 0 Å². The third-order valence-corrected chi connectivity index (χ3v) is 4.70. The Labute approximate surface area is 91.9 Å². The summed E-state index contributed by atoms with van der Waals surface area (Å²) in [6.45, 7) is 5.96. The minimum atomic E-state index is 0.338. The first-order valence-corrected chi connectivity index (χ1v) is 6.80. The molecular weight excluding hydrogens is 194 g/mol. The van der Waals surface area contributed by atoms with Crippen LogP contribution in [0.3, 0.4) is 0 Å². The summed E-state index contributed by atoms with van der Waals surface area (Å²) in [4.78, 5) is 0. The van der Waals surface area contributed by atoms with E-state index in [1.54, 1.807) is 0 Å². The largest absolute Gasteiger partial charge is 0.396 e. The Hall–Kier alpha value is 0.270. The average molecular weight is 217 g/mol. The second-order valence-electron chi connectivity index (χ2n) is 4.09. The maximum atomic E-state index is 8.72. The van der Waals surface area contributed by atoms with Gasteiger partial charge in [0.15, 0.2) is 0 Å². The van der Waals surface area contributed by atoms with E-state index >= 15 is 0 Å². The molecule has 0 bridgehead atoms. The molecular formula is C11H23NOS. The van der Waals surface area contributed by atoms with E-state index in [-0.39, 0.29) is 0 Å². The summed E-state index contributed by atoms with van der Waals surface area (Å²) in [6, 6.07) is 0.728. The van der Waals surface area contributed by atoms with Crippen molar-refractivity contribution in [2.45, 2.75) is 44.4 Å². The van der Waals surface area contributed by atoms with Gasteiger partial charge in [-0.3, -0.25) is 0 Å². The van der Waals surface area contributed by atoms with E-state index in [1.165, 1.54) is 12.8 Å². The van der Waals surface area contributed by atoms with Gasteiger partial charge in [0.05, 0.1) is 0 Å². The highest BCUT2D eigenvalue weighted by atomic mass is 32.2. The molecule has 1 aliphatic rings. The number of rotatable bonds is 6. The topological polar surface area (TPSA) is 32.3 Å². The van der Waals surface area contributed by atoms with Gasteiger partial charge in [0, 0.05) is 17.9 Å². The molecule has 3 heteroatoms. The van der Waals surface area contributed by atoms with Crippen LogP contribution < -0.4 is 5.32 Å².